The molecule has 4 N–H and O–H groups in total. The SMILES string of the molecule is O=C(N/N=C\c1ccccc1C(=O)O)N/N=C\c1ccccc1C(=O)O. The Balaban J connectivity index is 1.94. The fourth-order valence-electron chi connectivity index (χ4n) is 1.95. The lowest BCUT2D eigenvalue weighted by atomic mass is 10.1. The average molecular weight is 354 g/mol. The molecule has 2 amide bonds. The van der Waals surface area contributed by atoms with Crippen LogP contribution in [0.1, 0.15) is 31.8 Å². The van der Waals surface area contributed by atoms with Gasteiger partial charge in [0.2, 0.25) is 0 Å². The van der Waals surface area contributed by atoms with Gasteiger partial charge in [-0.15, -0.1) is 0 Å². The van der Waals surface area contributed by atoms with Crippen molar-refractivity contribution in [1.29, 1.82) is 0 Å². The molecule has 2 aromatic rings. The molecule has 0 aliphatic heterocycles. The van der Waals surface area contributed by atoms with Crippen LogP contribution in [0, 0.1) is 0 Å². The minimum Gasteiger partial charge on any atom is -0.478 e. The molecule has 2 rings (SSSR count). The van der Waals surface area contributed by atoms with E-state index >= 15 is 0 Å². The van der Waals surface area contributed by atoms with Crippen molar-refractivity contribution in [2.24, 2.45) is 10.2 Å². The predicted molar refractivity (Wildman–Crippen MR) is 93.7 cm³/mol. The highest BCUT2D eigenvalue weighted by atomic mass is 16.4. The van der Waals surface area contributed by atoms with Gasteiger partial charge in [0.25, 0.3) is 0 Å². The summed E-state index contributed by atoms with van der Waals surface area (Å²) in [7, 11) is 0. The molecule has 0 saturated heterocycles. The normalized spacial score (nSPS) is 10.8. The van der Waals surface area contributed by atoms with Gasteiger partial charge in [0.05, 0.1) is 23.6 Å². The lowest BCUT2D eigenvalue weighted by molar-refractivity contribution is 0.0686. The fraction of sp³-hybridized carbons (Fsp3) is 0. The average Bonchev–Trinajstić information content (AvgIpc) is 2.62. The molecule has 132 valence electrons. The van der Waals surface area contributed by atoms with Crippen molar-refractivity contribution >= 4 is 30.4 Å². The van der Waals surface area contributed by atoms with Crippen molar-refractivity contribution < 1.29 is 24.6 Å². The maximum atomic E-state index is 11.6. The predicted octanol–water partition coefficient (Wildman–Crippen LogP) is 1.75. The van der Waals surface area contributed by atoms with Crippen LogP contribution in [0.5, 0.6) is 0 Å². The Kier molecular flexibility index (Phi) is 6.16. The van der Waals surface area contributed by atoms with Gasteiger partial charge in [-0.3, -0.25) is 0 Å². The molecular weight excluding hydrogens is 340 g/mol. The first-order valence-electron chi connectivity index (χ1n) is 7.26. The first-order valence-corrected chi connectivity index (χ1v) is 7.26. The summed E-state index contributed by atoms with van der Waals surface area (Å²) in [5.74, 6) is -2.23. The zero-order chi connectivity index (χ0) is 18.9. The number of benzene rings is 2. The largest absolute Gasteiger partial charge is 0.478 e. The number of hydrogen-bond acceptors (Lipinski definition) is 5. The summed E-state index contributed by atoms with van der Waals surface area (Å²) in [5.41, 5.74) is 4.96. The second-order valence-electron chi connectivity index (χ2n) is 4.85. The molecule has 26 heavy (non-hydrogen) atoms. The minimum atomic E-state index is -1.11. The van der Waals surface area contributed by atoms with Crippen LogP contribution in [0.15, 0.2) is 58.7 Å². The number of hydrazone groups is 2. The Labute approximate surface area is 147 Å². The molecule has 0 aliphatic carbocycles. The minimum absolute atomic E-state index is 0.0433. The van der Waals surface area contributed by atoms with E-state index in [0.29, 0.717) is 11.1 Å². The van der Waals surface area contributed by atoms with Crippen LogP contribution < -0.4 is 10.9 Å². The molecule has 0 radical (unpaired) electrons. The van der Waals surface area contributed by atoms with Crippen molar-refractivity contribution in [3.8, 4) is 0 Å². The number of amides is 2. The van der Waals surface area contributed by atoms with Crippen LogP contribution in [0.2, 0.25) is 0 Å². The maximum Gasteiger partial charge on any atom is 0.355 e. The Morgan fingerprint density at radius 2 is 1.12 bits per heavy atom. The number of aromatic carboxylic acids is 2. The Hall–Kier alpha value is -4.01. The molecule has 9 heteroatoms. The number of carboxylic acid groups (broad SMARTS) is 2. The monoisotopic (exact) mass is 354 g/mol. The second kappa shape index (κ2) is 8.73. The molecule has 0 aliphatic rings. The summed E-state index contributed by atoms with van der Waals surface area (Å²) in [5, 5.41) is 25.4. The van der Waals surface area contributed by atoms with E-state index in [-0.39, 0.29) is 11.1 Å². The van der Waals surface area contributed by atoms with Crippen molar-refractivity contribution in [2.45, 2.75) is 0 Å². The van der Waals surface area contributed by atoms with E-state index in [0.717, 1.165) is 0 Å². The summed E-state index contributed by atoms with van der Waals surface area (Å²) >= 11 is 0. The molecule has 9 nitrogen and oxygen atoms in total. The van der Waals surface area contributed by atoms with Crippen molar-refractivity contribution in [3.63, 3.8) is 0 Å². The fourth-order valence-corrected chi connectivity index (χ4v) is 1.95. The van der Waals surface area contributed by atoms with E-state index in [2.05, 4.69) is 21.1 Å². The van der Waals surface area contributed by atoms with Crippen LogP contribution in [0.25, 0.3) is 0 Å². The van der Waals surface area contributed by atoms with Gasteiger partial charge in [-0.1, -0.05) is 36.4 Å². The number of urea groups is 1. The van der Waals surface area contributed by atoms with Crippen molar-refractivity contribution in [2.75, 3.05) is 0 Å². The van der Waals surface area contributed by atoms with E-state index in [1.54, 1.807) is 24.3 Å². The number of carboxylic acids is 2. The molecule has 0 spiro atoms. The van der Waals surface area contributed by atoms with Gasteiger partial charge < -0.3 is 10.2 Å². The Morgan fingerprint density at radius 3 is 1.50 bits per heavy atom. The number of carbonyl (C=O) groups is 3. The highest BCUT2D eigenvalue weighted by Gasteiger charge is 2.07. The van der Waals surface area contributed by atoms with Crippen molar-refractivity contribution in [3.05, 3.63) is 70.8 Å². The van der Waals surface area contributed by atoms with E-state index < -0.39 is 18.0 Å². The molecule has 0 saturated carbocycles. The van der Waals surface area contributed by atoms with Crippen LogP contribution >= 0.6 is 0 Å². The lowest BCUT2D eigenvalue weighted by Crippen LogP contribution is -2.28. The smallest absolute Gasteiger partial charge is 0.355 e. The van der Waals surface area contributed by atoms with Crippen LogP contribution in [-0.4, -0.2) is 40.6 Å². The molecular formula is C17H14N4O5. The number of nitrogens with one attached hydrogen (secondary N) is 2. The third-order valence-corrected chi connectivity index (χ3v) is 3.12. The molecule has 0 unspecified atom stereocenters. The summed E-state index contributed by atoms with van der Waals surface area (Å²) in [6.07, 6.45) is 2.37. The third-order valence-electron chi connectivity index (χ3n) is 3.12. The molecule has 0 heterocycles. The number of nitrogens with zero attached hydrogens (tertiary/aromatic N) is 2. The summed E-state index contributed by atoms with van der Waals surface area (Å²) < 4.78 is 0. The topological polar surface area (TPSA) is 140 Å². The van der Waals surface area contributed by atoms with E-state index in [4.69, 9.17) is 10.2 Å². The molecule has 0 atom stereocenters. The quantitative estimate of drug-likeness (QED) is 0.462. The summed E-state index contributed by atoms with van der Waals surface area (Å²) in [6.45, 7) is 0. The van der Waals surface area contributed by atoms with Gasteiger partial charge in [-0.05, 0) is 12.1 Å². The number of rotatable bonds is 6. The van der Waals surface area contributed by atoms with Gasteiger partial charge in [0.1, 0.15) is 0 Å². The van der Waals surface area contributed by atoms with Crippen LogP contribution in [0.3, 0.4) is 0 Å². The first kappa shape index (κ1) is 18.3. The van der Waals surface area contributed by atoms with Gasteiger partial charge in [-0.2, -0.15) is 10.2 Å². The number of carbonyl (C=O) groups excluding carboxylic acids is 1. The zero-order valence-corrected chi connectivity index (χ0v) is 13.3. The summed E-state index contributed by atoms with van der Waals surface area (Å²) in [4.78, 5) is 33.7. The molecule has 0 fully saturated rings. The van der Waals surface area contributed by atoms with Crippen LogP contribution in [0.4, 0.5) is 4.79 Å². The van der Waals surface area contributed by atoms with Gasteiger partial charge >= 0.3 is 18.0 Å². The highest BCUT2D eigenvalue weighted by Crippen LogP contribution is 2.06. The lowest BCUT2D eigenvalue weighted by Gasteiger charge is -2.01. The van der Waals surface area contributed by atoms with Crippen LogP contribution in [-0.2, 0) is 0 Å². The zero-order valence-electron chi connectivity index (χ0n) is 13.3. The Bertz CT molecular complexity index is 821. The molecule has 0 aromatic heterocycles. The molecule has 0 bridgehead atoms. The highest BCUT2D eigenvalue weighted by molar-refractivity contribution is 5.99. The number of hydrogen-bond donors (Lipinski definition) is 4. The van der Waals surface area contributed by atoms with Gasteiger partial charge in [0.15, 0.2) is 0 Å². The van der Waals surface area contributed by atoms with E-state index in [1.807, 2.05) is 0 Å². The summed E-state index contributed by atoms with van der Waals surface area (Å²) in [6, 6.07) is 11.5. The first-order chi connectivity index (χ1) is 12.5. The molecule has 2 aromatic carbocycles. The maximum absolute atomic E-state index is 11.6. The standard InChI is InChI=1S/C17H14N4O5/c22-15(23)13-7-3-1-5-11(13)9-18-20-17(26)21-19-10-12-6-2-4-8-14(12)16(24)25/h1-10H,(H,22,23)(H,24,25)(H2,20,21,26)/b18-9-,19-10-. The van der Waals surface area contributed by atoms with E-state index in [1.165, 1.54) is 36.7 Å². The van der Waals surface area contributed by atoms with Gasteiger partial charge in [-0.25, -0.2) is 25.2 Å². The Morgan fingerprint density at radius 1 is 0.731 bits per heavy atom. The van der Waals surface area contributed by atoms with Gasteiger partial charge in [0, 0.05) is 11.1 Å². The van der Waals surface area contributed by atoms with E-state index in [9.17, 15) is 14.4 Å². The second-order valence-corrected chi connectivity index (χ2v) is 4.85. The third kappa shape index (κ3) is 4.99. The van der Waals surface area contributed by atoms with Crippen molar-refractivity contribution in [1.82, 2.24) is 10.9 Å².